The van der Waals surface area contributed by atoms with Crippen LogP contribution >= 0.6 is 0 Å². The molecule has 0 aromatic heterocycles. The Morgan fingerprint density at radius 3 is 2.17 bits per heavy atom. The van der Waals surface area contributed by atoms with Gasteiger partial charge in [-0.2, -0.15) is 0 Å². The quantitative estimate of drug-likeness (QED) is 0.337. The molecule has 3 rings (SSSR count). The first-order valence-electron chi connectivity index (χ1n) is 9.29. The number of hydrogen-bond acceptors (Lipinski definition) is 5. The fourth-order valence-corrected chi connectivity index (χ4v) is 3.17. The Labute approximate surface area is 169 Å². The molecule has 0 aliphatic heterocycles. The molecular formula is C23H23NO5. The number of aryl methyl sites for hydroxylation is 2. The topological polar surface area (TPSA) is 92.7 Å². The van der Waals surface area contributed by atoms with Crippen LogP contribution in [0.5, 0.6) is 5.75 Å². The zero-order valence-electron chi connectivity index (χ0n) is 16.6. The van der Waals surface area contributed by atoms with Gasteiger partial charge in [0.15, 0.2) is 5.78 Å². The fraction of sp³-hybridized carbons (Fsp3) is 0.261. The molecule has 1 aliphatic carbocycles. The van der Waals surface area contributed by atoms with E-state index < -0.39 is 11.4 Å². The Kier molecular flexibility index (Phi) is 5.55. The number of amides is 1. The minimum Gasteiger partial charge on any atom is -0.507 e. The van der Waals surface area contributed by atoms with Gasteiger partial charge in [0.05, 0.1) is 7.11 Å². The van der Waals surface area contributed by atoms with Crippen LogP contribution in [0.2, 0.25) is 0 Å². The number of allylic oxidation sites excluding steroid dienone is 1. The minimum absolute atomic E-state index is 0.181. The highest BCUT2D eigenvalue weighted by molar-refractivity contribution is 6.11. The summed E-state index contributed by atoms with van der Waals surface area (Å²) in [4.78, 5) is 36.5. The molecule has 0 atom stereocenters. The number of hydrogen-bond donors (Lipinski definition) is 2. The second kappa shape index (κ2) is 7.91. The molecule has 6 heteroatoms. The Hall–Kier alpha value is -3.41. The Balaban J connectivity index is 1.66. The summed E-state index contributed by atoms with van der Waals surface area (Å²) in [7, 11) is 1.27. The largest absolute Gasteiger partial charge is 0.507 e. The summed E-state index contributed by atoms with van der Waals surface area (Å²) in [5, 5.41) is 12.5. The Bertz CT molecular complexity index is 977. The molecule has 6 nitrogen and oxygen atoms in total. The van der Waals surface area contributed by atoms with Crippen LogP contribution in [0.15, 0.2) is 42.5 Å². The van der Waals surface area contributed by atoms with Gasteiger partial charge in [0, 0.05) is 11.3 Å². The zero-order chi connectivity index (χ0) is 21.2. The van der Waals surface area contributed by atoms with E-state index in [9.17, 15) is 19.5 Å². The first kappa shape index (κ1) is 20.3. The average molecular weight is 393 g/mol. The molecule has 2 aromatic rings. The van der Waals surface area contributed by atoms with Crippen molar-refractivity contribution in [3.8, 4) is 5.75 Å². The van der Waals surface area contributed by atoms with Gasteiger partial charge in [0.2, 0.25) is 5.91 Å². The highest BCUT2D eigenvalue weighted by Gasteiger charge is 2.57. The van der Waals surface area contributed by atoms with E-state index >= 15 is 0 Å². The second-order valence-electron chi connectivity index (χ2n) is 7.31. The summed E-state index contributed by atoms with van der Waals surface area (Å²) < 4.78 is 4.71. The van der Waals surface area contributed by atoms with Crippen LogP contribution in [0.1, 0.15) is 39.9 Å². The summed E-state index contributed by atoms with van der Waals surface area (Å²) in [5.41, 5.74) is 2.23. The van der Waals surface area contributed by atoms with Crippen LogP contribution in [0, 0.1) is 19.3 Å². The van der Waals surface area contributed by atoms with Crippen LogP contribution in [-0.4, -0.2) is 29.9 Å². The van der Waals surface area contributed by atoms with Crippen LogP contribution in [-0.2, 0) is 14.3 Å². The van der Waals surface area contributed by atoms with Gasteiger partial charge < -0.3 is 15.2 Å². The van der Waals surface area contributed by atoms with Gasteiger partial charge in [-0.05, 0) is 85.9 Å². The van der Waals surface area contributed by atoms with E-state index in [-0.39, 0.29) is 17.4 Å². The molecule has 1 saturated carbocycles. The first-order valence-corrected chi connectivity index (χ1v) is 9.29. The SMILES string of the molecule is COC(=O)C1(C(=O)Nc2ccc(C(=O)/C=C/c3cc(C)c(O)c(C)c3)cc2)CC1. The molecule has 0 unspecified atom stereocenters. The van der Waals surface area contributed by atoms with Crippen molar-refractivity contribution in [2.75, 3.05) is 12.4 Å². The monoisotopic (exact) mass is 393 g/mol. The van der Waals surface area contributed by atoms with Crippen molar-refractivity contribution >= 4 is 29.4 Å². The van der Waals surface area contributed by atoms with Gasteiger partial charge in [-0.3, -0.25) is 14.4 Å². The van der Waals surface area contributed by atoms with Gasteiger partial charge in [-0.15, -0.1) is 0 Å². The molecule has 2 N–H and O–H groups in total. The molecule has 0 heterocycles. The normalized spacial score (nSPS) is 14.4. The maximum atomic E-state index is 12.4. The Morgan fingerprint density at radius 1 is 1.07 bits per heavy atom. The molecule has 1 fully saturated rings. The predicted octanol–water partition coefficient (Wildman–Crippen LogP) is 3.80. The maximum Gasteiger partial charge on any atom is 0.321 e. The molecule has 0 radical (unpaired) electrons. The van der Waals surface area contributed by atoms with Crippen LogP contribution in [0.4, 0.5) is 5.69 Å². The third-order valence-electron chi connectivity index (χ3n) is 5.13. The van der Waals surface area contributed by atoms with E-state index in [1.807, 2.05) is 0 Å². The van der Waals surface area contributed by atoms with Crippen LogP contribution in [0.25, 0.3) is 6.08 Å². The van der Waals surface area contributed by atoms with Crippen LogP contribution in [0.3, 0.4) is 0 Å². The molecule has 0 saturated heterocycles. The number of methoxy groups -OCH3 is 1. The van der Waals surface area contributed by atoms with Crippen molar-refractivity contribution in [3.05, 3.63) is 64.7 Å². The van der Waals surface area contributed by atoms with Crippen molar-refractivity contribution in [2.24, 2.45) is 5.41 Å². The number of ether oxygens (including phenoxy) is 1. The summed E-state index contributed by atoms with van der Waals surface area (Å²) in [6.07, 6.45) is 4.12. The molecule has 2 aromatic carbocycles. The van der Waals surface area contributed by atoms with Gasteiger partial charge in [-0.1, -0.05) is 6.08 Å². The molecule has 0 bridgehead atoms. The number of ketones is 1. The zero-order valence-corrected chi connectivity index (χ0v) is 16.6. The maximum absolute atomic E-state index is 12.4. The smallest absolute Gasteiger partial charge is 0.321 e. The number of esters is 1. The van der Waals surface area contributed by atoms with Crippen molar-refractivity contribution in [1.82, 2.24) is 0 Å². The second-order valence-corrected chi connectivity index (χ2v) is 7.31. The fourth-order valence-electron chi connectivity index (χ4n) is 3.17. The predicted molar refractivity (Wildman–Crippen MR) is 110 cm³/mol. The number of nitrogens with one attached hydrogen (secondary N) is 1. The van der Waals surface area contributed by atoms with Gasteiger partial charge >= 0.3 is 5.97 Å². The van der Waals surface area contributed by atoms with E-state index in [1.54, 1.807) is 56.3 Å². The lowest BCUT2D eigenvalue weighted by molar-refractivity contribution is -0.150. The van der Waals surface area contributed by atoms with Crippen LogP contribution < -0.4 is 5.32 Å². The molecular weight excluding hydrogens is 370 g/mol. The van der Waals surface area contributed by atoms with Crippen molar-refractivity contribution < 1.29 is 24.2 Å². The summed E-state index contributed by atoms with van der Waals surface area (Å²) in [5.74, 6) is -0.834. The number of phenolic OH excluding ortho intramolecular Hbond substituents is 1. The summed E-state index contributed by atoms with van der Waals surface area (Å²) >= 11 is 0. The van der Waals surface area contributed by atoms with Gasteiger partial charge in [0.25, 0.3) is 0 Å². The third kappa shape index (κ3) is 4.21. The number of rotatable bonds is 6. The number of carbonyl (C=O) groups is 3. The number of benzene rings is 2. The molecule has 1 amide bonds. The van der Waals surface area contributed by atoms with E-state index in [0.29, 0.717) is 24.1 Å². The standard InChI is InChI=1S/C23H23NO5/c1-14-12-16(13-15(2)20(14)26)4-9-19(25)17-5-7-18(8-6-17)24-21(27)23(10-11-23)22(28)29-3/h4-9,12-13,26H,10-11H2,1-3H3,(H,24,27)/b9-4+. The molecule has 1 aliphatic rings. The van der Waals surface area contributed by atoms with E-state index in [2.05, 4.69) is 5.32 Å². The lowest BCUT2D eigenvalue weighted by Crippen LogP contribution is -2.32. The Morgan fingerprint density at radius 2 is 1.66 bits per heavy atom. The highest BCUT2D eigenvalue weighted by Crippen LogP contribution is 2.47. The molecule has 0 spiro atoms. The first-order chi connectivity index (χ1) is 13.8. The summed E-state index contributed by atoms with van der Waals surface area (Å²) in [6, 6.07) is 10.1. The lowest BCUT2D eigenvalue weighted by atomic mass is 10.0. The third-order valence-corrected chi connectivity index (χ3v) is 5.13. The average Bonchev–Trinajstić information content (AvgIpc) is 3.52. The lowest BCUT2D eigenvalue weighted by Gasteiger charge is -2.13. The van der Waals surface area contributed by atoms with E-state index in [1.165, 1.54) is 13.2 Å². The van der Waals surface area contributed by atoms with E-state index in [0.717, 1.165) is 16.7 Å². The number of aromatic hydroxyl groups is 1. The van der Waals surface area contributed by atoms with Crippen molar-refractivity contribution in [2.45, 2.75) is 26.7 Å². The number of anilines is 1. The minimum atomic E-state index is -1.08. The van der Waals surface area contributed by atoms with Crippen molar-refractivity contribution in [1.29, 1.82) is 0 Å². The van der Waals surface area contributed by atoms with E-state index in [4.69, 9.17) is 4.74 Å². The number of carbonyl (C=O) groups excluding carboxylic acids is 3. The van der Waals surface area contributed by atoms with Gasteiger partial charge in [0.1, 0.15) is 11.2 Å². The van der Waals surface area contributed by atoms with Gasteiger partial charge in [-0.25, -0.2) is 0 Å². The summed E-state index contributed by atoms with van der Waals surface area (Å²) in [6.45, 7) is 3.61. The molecule has 29 heavy (non-hydrogen) atoms. The van der Waals surface area contributed by atoms with Crippen molar-refractivity contribution in [3.63, 3.8) is 0 Å². The number of phenols is 1. The molecule has 150 valence electrons. The highest BCUT2D eigenvalue weighted by atomic mass is 16.5.